The number of nitrogens with one attached hydrogen (secondary N) is 1. The third-order valence-electron chi connectivity index (χ3n) is 5.70. The maximum Gasteiger partial charge on any atom is 0.220 e. The summed E-state index contributed by atoms with van der Waals surface area (Å²) in [5.41, 5.74) is 2.60. The first kappa shape index (κ1) is 15.8. The van der Waals surface area contributed by atoms with Crippen molar-refractivity contribution in [2.45, 2.75) is 57.0 Å². The molecule has 1 amide bonds. The highest BCUT2D eigenvalue weighted by atomic mass is 16.1. The second kappa shape index (κ2) is 6.67. The van der Waals surface area contributed by atoms with E-state index in [1.54, 1.807) is 0 Å². The smallest absolute Gasteiger partial charge is 0.220 e. The summed E-state index contributed by atoms with van der Waals surface area (Å²) in [7, 11) is 2.17. The zero-order chi connectivity index (χ0) is 16.5. The van der Waals surface area contributed by atoms with E-state index in [1.165, 1.54) is 24.1 Å². The lowest BCUT2D eigenvalue weighted by molar-refractivity contribution is -0.123. The molecule has 1 aromatic heterocycles. The second-order valence-electron chi connectivity index (χ2n) is 7.54. The number of carbonyl (C=O) groups is 1. The molecule has 2 saturated heterocycles. The second-order valence-corrected chi connectivity index (χ2v) is 7.54. The number of fused-ring (bicyclic) bond motifs is 1. The van der Waals surface area contributed by atoms with E-state index >= 15 is 0 Å². The van der Waals surface area contributed by atoms with E-state index in [1.807, 2.05) is 0 Å². The fourth-order valence-corrected chi connectivity index (χ4v) is 4.07. The van der Waals surface area contributed by atoms with Crippen LogP contribution < -0.4 is 10.2 Å². The monoisotopic (exact) mass is 329 g/mol. The van der Waals surface area contributed by atoms with Gasteiger partial charge >= 0.3 is 0 Å². The maximum atomic E-state index is 11.5. The van der Waals surface area contributed by atoms with Crippen molar-refractivity contribution >= 4 is 11.7 Å². The van der Waals surface area contributed by atoms with E-state index in [9.17, 15) is 4.79 Å². The average molecular weight is 329 g/mol. The van der Waals surface area contributed by atoms with Gasteiger partial charge in [0.1, 0.15) is 0 Å². The number of nitrogens with zero attached hydrogens (tertiary/aromatic N) is 4. The first-order valence-corrected chi connectivity index (χ1v) is 9.29. The van der Waals surface area contributed by atoms with Crippen molar-refractivity contribution in [3.8, 4) is 0 Å². The van der Waals surface area contributed by atoms with Crippen molar-refractivity contribution in [1.29, 1.82) is 0 Å². The van der Waals surface area contributed by atoms with Gasteiger partial charge in [-0.3, -0.25) is 9.69 Å². The van der Waals surface area contributed by atoms with E-state index in [2.05, 4.69) is 38.4 Å². The minimum absolute atomic E-state index is 0.208. The molecule has 130 valence electrons. The lowest BCUT2D eigenvalue weighted by atomic mass is 9.96. The summed E-state index contributed by atoms with van der Waals surface area (Å²) in [6.45, 7) is 2.95. The molecule has 0 radical (unpaired) electrons. The van der Waals surface area contributed by atoms with Gasteiger partial charge < -0.3 is 10.2 Å². The summed E-state index contributed by atoms with van der Waals surface area (Å²) in [6, 6.07) is 3.11. The van der Waals surface area contributed by atoms with Gasteiger partial charge in [-0.15, -0.1) is 5.10 Å². The van der Waals surface area contributed by atoms with E-state index in [0.29, 0.717) is 18.5 Å². The Labute approximate surface area is 143 Å². The van der Waals surface area contributed by atoms with Gasteiger partial charge in [0, 0.05) is 38.1 Å². The summed E-state index contributed by atoms with van der Waals surface area (Å²) < 4.78 is 0. The van der Waals surface area contributed by atoms with Gasteiger partial charge in [0.2, 0.25) is 5.91 Å². The average Bonchev–Trinajstić information content (AvgIpc) is 2.53. The highest BCUT2D eigenvalue weighted by Gasteiger charge is 2.33. The van der Waals surface area contributed by atoms with Gasteiger partial charge in [0.25, 0.3) is 0 Å². The number of anilines is 1. The normalized spacial score (nSPS) is 24.5. The summed E-state index contributed by atoms with van der Waals surface area (Å²) in [4.78, 5) is 16.2. The van der Waals surface area contributed by atoms with Crippen molar-refractivity contribution in [2.75, 3.05) is 31.6 Å². The third-order valence-corrected chi connectivity index (χ3v) is 5.70. The number of carbonyl (C=O) groups excluding carboxylic acids is 1. The summed E-state index contributed by atoms with van der Waals surface area (Å²) in [5.74, 6) is 1.24. The van der Waals surface area contributed by atoms with Crippen LogP contribution in [0.5, 0.6) is 0 Å². The first-order chi connectivity index (χ1) is 11.7. The molecule has 3 heterocycles. The molecule has 6 nitrogen and oxygen atoms in total. The van der Waals surface area contributed by atoms with Gasteiger partial charge in [-0.25, -0.2) is 0 Å². The minimum Gasteiger partial charge on any atom is -0.352 e. The van der Waals surface area contributed by atoms with Gasteiger partial charge in [-0.1, -0.05) is 0 Å². The summed E-state index contributed by atoms with van der Waals surface area (Å²) >= 11 is 0. The molecule has 1 N–H and O–H groups in total. The Morgan fingerprint density at radius 3 is 2.88 bits per heavy atom. The summed E-state index contributed by atoms with van der Waals surface area (Å²) in [6.07, 6.45) is 7.56. The predicted octanol–water partition coefficient (Wildman–Crippen LogP) is 1.14. The Kier molecular flexibility index (Phi) is 4.39. The highest BCUT2D eigenvalue weighted by molar-refractivity contribution is 5.76. The van der Waals surface area contributed by atoms with Crippen LogP contribution in [0.1, 0.15) is 43.4 Å². The topological polar surface area (TPSA) is 61.4 Å². The van der Waals surface area contributed by atoms with Crippen molar-refractivity contribution in [3.05, 3.63) is 17.3 Å². The lowest BCUT2D eigenvalue weighted by Gasteiger charge is -2.45. The number of likely N-dealkylation sites (N-methyl/N-ethyl adjacent to an activating group) is 1. The van der Waals surface area contributed by atoms with Crippen LogP contribution in [0, 0.1) is 0 Å². The molecule has 0 saturated carbocycles. The number of hydrogen-bond acceptors (Lipinski definition) is 5. The zero-order valence-electron chi connectivity index (χ0n) is 14.5. The Hall–Kier alpha value is -1.69. The molecule has 1 aliphatic carbocycles. The maximum absolute atomic E-state index is 11.5. The Balaban J connectivity index is 1.30. The van der Waals surface area contributed by atoms with E-state index in [-0.39, 0.29) is 5.91 Å². The van der Waals surface area contributed by atoms with E-state index < -0.39 is 0 Å². The molecule has 3 aliphatic rings. The molecule has 6 heteroatoms. The minimum atomic E-state index is 0.208. The number of aromatic nitrogens is 2. The van der Waals surface area contributed by atoms with Crippen LogP contribution in [0.3, 0.4) is 0 Å². The Morgan fingerprint density at radius 2 is 2.04 bits per heavy atom. The molecule has 2 aliphatic heterocycles. The highest BCUT2D eigenvalue weighted by Crippen LogP contribution is 2.26. The van der Waals surface area contributed by atoms with Crippen molar-refractivity contribution in [3.63, 3.8) is 0 Å². The van der Waals surface area contributed by atoms with Crippen LogP contribution in [0.2, 0.25) is 0 Å². The van der Waals surface area contributed by atoms with Crippen molar-refractivity contribution in [2.24, 2.45) is 0 Å². The number of rotatable bonds is 4. The van der Waals surface area contributed by atoms with Crippen LogP contribution in [0.4, 0.5) is 5.82 Å². The molecule has 1 atom stereocenters. The Morgan fingerprint density at radius 1 is 1.21 bits per heavy atom. The van der Waals surface area contributed by atoms with E-state index in [0.717, 1.165) is 51.1 Å². The van der Waals surface area contributed by atoms with Gasteiger partial charge in [0.05, 0.1) is 5.69 Å². The number of amides is 1. The molecular weight excluding hydrogens is 302 g/mol. The van der Waals surface area contributed by atoms with Gasteiger partial charge in [-0.05, 0) is 57.2 Å². The molecule has 24 heavy (non-hydrogen) atoms. The number of hydrogen-bond donors (Lipinski definition) is 1. The van der Waals surface area contributed by atoms with Crippen LogP contribution in [-0.4, -0.2) is 59.8 Å². The number of piperidine rings is 1. The molecule has 1 unspecified atom stereocenters. The van der Waals surface area contributed by atoms with Gasteiger partial charge in [-0.2, -0.15) is 5.10 Å². The largest absolute Gasteiger partial charge is 0.352 e. The molecule has 4 rings (SSSR count). The first-order valence-electron chi connectivity index (χ1n) is 9.29. The summed E-state index contributed by atoms with van der Waals surface area (Å²) in [5, 5.41) is 12.0. The molecule has 0 aromatic carbocycles. The Bertz CT molecular complexity index is 613. The van der Waals surface area contributed by atoms with E-state index in [4.69, 9.17) is 0 Å². The third kappa shape index (κ3) is 3.24. The van der Waals surface area contributed by atoms with Crippen LogP contribution in [0.25, 0.3) is 0 Å². The van der Waals surface area contributed by atoms with Gasteiger partial charge in [0.15, 0.2) is 5.82 Å². The molecule has 1 aromatic rings. The van der Waals surface area contributed by atoms with Crippen molar-refractivity contribution < 1.29 is 4.79 Å². The fraction of sp³-hybridized carbons (Fsp3) is 0.722. The number of aryl methyl sites for hydroxylation is 2. The lowest BCUT2D eigenvalue weighted by Crippen LogP contribution is -2.61. The van der Waals surface area contributed by atoms with Crippen LogP contribution in [-0.2, 0) is 17.6 Å². The molecule has 0 bridgehead atoms. The predicted molar refractivity (Wildman–Crippen MR) is 93.1 cm³/mol. The molecule has 2 fully saturated rings. The molecular formula is C18H27N5O. The molecule has 0 spiro atoms. The van der Waals surface area contributed by atoms with Crippen LogP contribution >= 0.6 is 0 Å². The van der Waals surface area contributed by atoms with Crippen LogP contribution in [0.15, 0.2) is 6.07 Å². The quantitative estimate of drug-likeness (QED) is 0.898. The zero-order valence-corrected chi connectivity index (χ0v) is 14.5. The standard InChI is InChI=1S/C18H27N5O/c1-22(10-14-6-4-8-18(24)19-14)15-11-23(12-15)17-9-13-5-2-3-7-16(13)20-21-17/h9,14-15H,2-8,10-12H2,1H3,(H,19,24). The SMILES string of the molecule is CN(CC1CCCC(=O)N1)C1CN(c2cc3c(nn2)CCCC3)C1. The fourth-order valence-electron chi connectivity index (χ4n) is 4.07. The van der Waals surface area contributed by atoms with Crippen molar-refractivity contribution in [1.82, 2.24) is 20.4 Å².